The topological polar surface area (TPSA) is 28.2 Å². The summed E-state index contributed by atoms with van der Waals surface area (Å²) in [4.78, 5) is 8.04. The van der Waals surface area contributed by atoms with Gasteiger partial charge in [-0.25, -0.2) is 4.98 Å². The molecule has 0 saturated carbocycles. The number of nitrogens with zero attached hydrogens (tertiary/aromatic N) is 2. The van der Waals surface area contributed by atoms with E-state index in [1.54, 1.807) is 11.3 Å². The summed E-state index contributed by atoms with van der Waals surface area (Å²) in [5.41, 5.74) is 0.450. The largest absolute Gasteiger partial charge is 0.351 e. The number of nitrogens with one attached hydrogen (secondary N) is 1. The number of anilines is 1. The van der Waals surface area contributed by atoms with Crippen molar-refractivity contribution in [1.82, 2.24) is 10.3 Å². The van der Waals surface area contributed by atoms with Crippen molar-refractivity contribution < 1.29 is 0 Å². The summed E-state index contributed by atoms with van der Waals surface area (Å²) in [5.74, 6) is 0. The molecule has 0 saturated heterocycles. The molecule has 0 aliphatic carbocycles. The highest BCUT2D eigenvalue weighted by Gasteiger charge is 2.16. The van der Waals surface area contributed by atoms with Crippen molar-refractivity contribution in [2.45, 2.75) is 53.6 Å². The third-order valence-electron chi connectivity index (χ3n) is 2.37. The van der Waals surface area contributed by atoms with Crippen LogP contribution in [0.25, 0.3) is 0 Å². The van der Waals surface area contributed by atoms with Crippen molar-refractivity contribution in [3.05, 3.63) is 11.1 Å². The van der Waals surface area contributed by atoms with E-state index in [0.29, 0.717) is 5.41 Å². The Morgan fingerprint density at radius 1 is 1.22 bits per heavy atom. The standard InChI is InChI=1S/C14H27N3S/c1-13(2,3)10-17(7)12-15-8-11(18-12)9-16-14(4,5)6/h8,16H,9-10H2,1-7H3. The van der Waals surface area contributed by atoms with Gasteiger partial charge in [-0.2, -0.15) is 0 Å². The van der Waals surface area contributed by atoms with Crippen LogP contribution in [0, 0.1) is 5.41 Å². The summed E-state index contributed by atoms with van der Waals surface area (Å²) < 4.78 is 0. The molecule has 18 heavy (non-hydrogen) atoms. The van der Waals surface area contributed by atoms with Crippen LogP contribution in [0.15, 0.2) is 6.20 Å². The van der Waals surface area contributed by atoms with Crippen LogP contribution in [0.2, 0.25) is 0 Å². The van der Waals surface area contributed by atoms with Crippen LogP contribution >= 0.6 is 11.3 Å². The smallest absolute Gasteiger partial charge is 0.185 e. The van der Waals surface area contributed by atoms with Gasteiger partial charge in [0.25, 0.3) is 0 Å². The molecule has 1 rings (SSSR count). The van der Waals surface area contributed by atoms with Crippen molar-refractivity contribution in [1.29, 1.82) is 0 Å². The molecule has 0 bridgehead atoms. The van der Waals surface area contributed by atoms with Gasteiger partial charge in [0.15, 0.2) is 5.13 Å². The fraction of sp³-hybridized carbons (Fsp3) is 0.786. The molecule has 0 aliphatic heterocycles. The van der Waals surface area contributed by atoms with E-state index in [4.69, 9.17) is 0 Å². The predicted molar refractivity (Wildman–Crippen MR) is 81.4 cm³/mol. The lowest BCUT2D eigenvalue weighted by Gasteiger charge is -2.26. The van der Waals surface area contributed by atoms with E-state index in [1.807, 2.05) is 6.20 Å². The van der Waals surface area contributed by atoms with Crippen LogP contribution in [0.5, 0.6) is 0 Å². The average molecular weight is 269 g/mol. The maximum Gasteiger partial charge on any atom is 0.185 e. The van der Waals surface area contributed by atoms with E-state index in [9.17, 15) is 0 Å². The Labute approximate surface area is 116 Å². The van der Waals surface area contributed by atoms with Crippen LogP contribution in [-0.2, 0) is 6.54 Å². The van der Waals surface area contributed by atoms with Gasteiger partial charge >= 0.3 is 0 Å². The van der Waals surface area contributed by atoms with Gasteiger partial charge in [-0.15, -0.1) is 11.3 Å². The van der Waals surface area contributed by atoms with E-state index in [-0.39, 0.29) is 5.54 Å². The summed E-state index contributed by atoms with van der Waals surface area (Å²) in [5, 5.41) is 4.60. The normalized spacial score (nSPS) is 12.8. The molecule has 4 heteroatoms. The Bertz CT molecular complexity index is 371. The van der Waals surface area contributed by atoms with Crippen molar-refractivity contribution in [2.24, 2.45) is 5.41 Å². The second-order valence-electron chi connectivity index (χ2n) is 7.13. The molecule has 0 spiro atoms. The van der Waals surface area contributed by atoms with Gasteiger partial charge in [-0.05, 0) is 26.2 Å². The van der Waals surface area contributed by atoms with Gasteiger partial charge in [0.05, 0.1) is 0 Å². The highest BCUT2D eigenvalue weighted by atomic mass is 32.1. The lowest BCUT2D eigenvalue weighted by Crippen LogP contribution is -2.34. The first kappa shape index (κ1) is 15.4. The van der Waals surface area contributed by atoms with Crippen LogP contribution in [0.3, 0.4) is 0 Å². The quantitative estimate of drug-likeness (QED) is 0.906. The molecular formula is C14H27N3S. The maximum atomic E-state index is 4.51. The second-order valence-corrected chi connectivity index (χ2v) is 8.22. The third kappa shape index (κ3) is 5.83. The van der Waals surface area contributed by atoms with Gasteiger partial charge in [0, 0.05) is 36.8 Å². The van der Waals surface area contributed by atoms with Crippen molar-refractivity contribution in [3.8, 4) is 0 Å². The molecule has 1 heterocycles. The first-order valence-corrected chi connectivity index (χ1v) is 7.29. The van der Waals surface area contributed by atoms with Crippen LogP contribution in [0.4, 0.5) is 5.13 Å². The minimum absolute atomic E-state index is 0.154. The fourth-order valence-corrected chi connectivity index (χ4v) is 2.50. The fourth-order valence-electron chi connectivity index (χ4n) is 1.69. The third-order valence-corrected chi connectivity index (χ3v) is 3.48. The molecule has 3 nitrogen and oxygen atoms in total. The molecule has 1 aromatic heterocycles. The molecule has 0 fully saturated rings. The first-order valence-electron chi connectivity index (χ1n) is 6.48. The molecule has 0 amide bonds. The highest BCUT2D eigenvalue weighted by Crippen LogP contribution is 2.25. The lowest BCUT2D eigenvalue weighted by molar-refractivity contribution is 0.419. The van der Waals surface area contributed by atoms with Crippen LogP contribution < -0.4 is 10.2 Å². The zero-order chi connectivity index (χ0) is 14.0. The predicted octanol–water partition coefficient (Wildman–Crippen LogP) is 3.51. The Kier molecular flexibility index (Phi) is 4.78. The van der Waals surface area contributed by atoms with E-state index in [0.717, 1.165) is 18.2 Å². The van der Waals surface area contributed by atoms with E-state index < -0.39 is 0 Å². The molecule has 0 aromatic carbocycles. The Hall–Kier alpha value is -0.610. The van der Waals surface area contributed by atoms with Crippen LogP contribution in [0.1, 0.15) is 46.4 Å². The molecule has 0 radical (unpaired) electrons. The molecule has 0 aliphatic rings. The summed E-state index contributed by atoms with van der Waals surface area (Å²) in [6, 6.07) is 0. The Morgan fingerprint density at radius 3 is 2.33 bits per heavy atom. The lowest BCUT2D eigenvalue weighted by atomic mass is 9.96. The van der Waals surface area contributed by atoms with Crippen molar-refractivity contribution in [3.63, 3.8) is 0 Å². The minimum Gasteiger partial charge on any atom is -0.351 e. The second kappa shape index (κ2) is 5.57. The van der Waals surface area contributed by atoms with Gasteiger partial charge in [-0.1, -0.05) is 20.8 Å². The molecule has 1 N–H and O–H groups in total. The zero-order valence-corrected chi connectivity index (χ0v) is 13.6. The van der Waals surface area contributed by atoms with Gasteiger partial charge in [-0.3, -0.25) is 0 Å². The Morgan fingerprint density at radius 2 is 1.83 bits per heavy atom. The number of hydrogen-bond donors (Lipinski definition) is 1. The number of aromatic nitrogens is 1. The first-order chi connectivity index (χ1) is 8.07. The van der Waals surface area contributed by atoms with Gasteiger partial charge in [0.2, 0.25) is 0 Å². The Balaban J connectivity index is 2.58. The molecular weight excluding hydrogens is 242 g/mol. The van der Waals surface area contributed by atoms with E-state index in [2.05, 4.69) is 63.8 Å². The summed E-state index contributed by atoms with van der Waals surface area (Å²) >= 11 is 1.77. The van der Waals surface area contributed by atoms with Gasteiger partial charge in [0.1, 0.15) is 0 Å². The van der Waals surface area contributed by atoms with Crippen LogP contribution in [-0.4, -0.2) is 24.1 Å². The monoisotopic (exact) mass is 269 g/mol. The zero-order valence-electron chi connectivity index (χ0n) is 12.8. The number of rotatable bonds is 4. The SMILES string of the molecule is CN(CC(C)(C)C)c1ncc(CNC(C)(C)C)s1. The van der Waals surface area contributed by atoms with E-state index in [1.165, 1.54) is 4.88 Å². The molecule has 0 atom stereocenters. The summed E-state index contributed by atoms with van der Waals surface area (Å²) in [7, 11) is 2.12. The van der Waals surface area contributed by atoms with Crippen molar-refractivity contribution >= 4 is 16.5 Å². The molecule has 104 valence electrons. The summed E-state index contributed by atoms with van der Waals surface area (Å²) in [6.07, 6.45) is 1.98. The minimum atomic E-state index is 0.154. The molecule has 1 aromatic rings. The van der Waals surface area contributed by atoms with E-state index >= 15 is 0 Å². The highest BCUT2D eigenvalue weighted by molar-refractivity contribution is 7.15. The van der Waals surface area contributed by atoms with Gasteiger partial charge < -0.3 is 10.2 Å². The average Bonchev–Trinajstić information content (AvgIpc) is 2.58. The number of thiazole rings is 1. The molecule has 0 unspecified atom stereocenters. The maximum absolute atomic E-state index is 4.51. The number of hydrogen-bond acceptors (Lipinski definition) is 4. The van der Waals surface area contributed by atoms with Crippen molar-refractivity contribution in [2.75, 3.05) is 18.5 Å². The summed E-state index contributed by atoms with van der Waals surface area (Å²) in [6.45, 7) is 15.2.